The molecule has 0 saturated heterocycles. The van der Waals surface area contributed by atoms with E-state index >= 15 is 0 Å². The summed E-state index contributed by atoms with van der Waals surface area (Å²) in [6, 6.07) is 8.49. The number of rotatable bonds is 4. The molecule has 0 atom stereocenters. The molecule has 1 saturated carbocycles. The summed E-state index contributed by atoms with van der Waals surface area (Å²) in [6.45, 7) is 0.964. The molecule has 1 heterocycles. The molecular weight excluding hydrogens is 242 g/mol. The molecule has 1 N–H and O–H groups in total. The number of pyridine rings is 1. The van der Waals surface area contributed by atoms with Gasteiger partial charge in [-0.05, 0) is 37.0 Å². The number of benzene rings is 1. The average molecular weight is 257 g/mol. The van der Waals surface area contributed by atoms with Crippen LogP contribution in [0.4, 0.5) is 11.5 Å². The van der Waals surface area contributed by atoms with Crippen LogP contribution >= 0.6 is 0 Å². The molecule has 3 rings (SSSR count). The number of nitrogens with zero attached hydrogens (tertiary/aromatic N) is 2. The highest BCUT2D eigenvalue weighted by atomic mass is 16.6. The molecule has 0 spiro atoms. The third kappa shape index (κ3) is 2.50. The Bertz CT molecular complexity index is 623. The third-order valence-electron chi connectivity index (χ3n) is 3.68. The van der Waals surface area contributed by atoms with Crippen molar-refractivity contribution >= 4 is 22.4 Å². The van der Waals surface area contributed by atoms with Crippen molar-refractivity contribution in [1.29, 1.82) is 0 Å². The average Bonchev–Trinajstić information content (AvgIpc) is 2.36. The predicted octanol–water partition coefficient (Wildman–Crippen LogP) is 3.36. The first-order valence-electron chi connectivity index (χ1n) is 6.51. The standard InChI is InChI=1S/C14H15N3O2/c18-17(19)12-5-6-13-11(8-12)4-7-14(16-13)15-9-10-2-1-3-10/h4-8,10H,1-3,9H2,(H,15,16). The van der Waals surface area contributed by atoms with Crippen LogP contribution < -0.4 is 5.32 Å². The zero-order valence-electron chi connectivity index (χ0n) is 10.5. The Morgan fingerprint density at radius 3 is 2.84 bits per heavy atom. The monoisotopic (exact) mass is 257 g/mol. The summed E-state index contributed by atoms with van der Waals surface area (Å²) in [5, 5.41) is 14.8. The summed E-state index contributed by atoms with van der Waals surface area (Å²) in [7, 11) is 0. The lowest BCUT2D eigenvalue weighted by molar-refractivity contribution is -0.384. The molecule has 5 nitrogen and oxygen atoms in total. The molecule has 0 amide bonds. The molecule has 1 aromatic heterocycles. The van der Waals surface area contributed by atoms with Crippen molar-refractivity contribution < 1.29 is 4.92 Å². The number of nitrogens with one attached hydrogen (secondary N) is 1. The van der Waals surface area contributed by atoms with Gasteiger partial charge >= 0.3 is 0 Å². The van der Waals surface area contributed by atoms with Gasteiger partial charge in [-0.15, -0.1) is 0 Å². The Balaban J connectivity index is 1.80. The molecule has 0 radical (unpaired) electrons. The van der Waals surface area contributed by atoms with Gasteiger partial charge in [0.1, 0.15) is 5.82 Å². The second kappa shape index (κ2) is 4.84. The number of nitro benzene ring substituents is 1. The fraction of sp³-hybridized carbons (Fsp3) is 0.357. The maximum atomic E-state index is 10.7. The first-order valence-corrected chi connectivity index (χ1v) is 6.51. The smallest absolute Gasteiger partial charge is 0.270 e. The fourth-order valence-electron chi connectivity index (χ4n) is 2.27. The Morgan fingerprint density at radius 1 is 1.32 bits per heavy atom. The van der Waals surface area contributed by atoms with Crippen LogP contribution in [0.15, 0.2) is 30.3 Å². The van der Waals surface area contributed by atoms with E-state index in [0.29, 0.717) is 0 Å². The maximum Gasteiger partial charge on any atom is 0.270 e. The van der Waals surface area contributed by atoms with Gasteiger partial charge in [0.15, 0.2) is 0 Å². The van der Waals surface area contributed by atoms with Crippen LogP contribution in [0.3, 0.4) is 0 Å². The number of hydrogen-bond donors (Lipinski definition) is 1. The highest BCUT2D eigenvalue weighted by molar-refractivity contribution is 5.82. The van der Waals surface area contributed by atoms with Gasteiger partial charge in [0.2, 0.25) is 0 Å². The molecule has 5 heteroatoms. The molecule has 1 aliphatic carbocycles. The summed E-state index contributed by atoms with van der Waals surface area (Å²) < 4.78 is 0. The van der Waals surface area contributed by atoms with E-state index in [1.54, 1.807) is 12.1 Å². The van der Waals surface area contributed by atoms with Crippen molar-refractivity contribution in [3.8, 4) is 0 Å². The van der Waals surface area contributed by atoms with Crippen LogP contribution in [0.25, 0.3) is 10.9 Å². The van der Waals surface area contributed by atoms with Crippen molar-refractivity contribution in [3.05, 3.63) is 40.4 Å². The van der Waals surface area contributed by atoms with E-state index in [-0.39, 0.29) is 10.6 Å². The highest BCUT2D eigenvalue weighted by Gasteiger charge is 2.16. The summed E-state index contributed by atoms with van der Waals surface area (Å²) in [4.78, 5) is 14.8. The Kier molecular flexibility index (Phi) is 3.03. The van der Waals surface area contributed by atoms with Crippen LogP contribution in [0.5, 0.6) is 0 Å². The van der Waals surface area contributed by atoms with Crippen LogP contribution in [-0.4, -0.2) is 16.5 Å². The molecule has 1 fully saturated rings. The Morgan fingerprint density at radius 2 is 2.16 bits per heavy atom. The van der Waals surface area contributed by atoms with Crippen LogP contribution in [0, 0.1) is 16.0 Å². The summed E-state index contributed by atoms with van der Waals surface area (Å²) in [5.74, 6) is 1.61. The maximum absolute atomic E-state index is 10.7. The number of aromatic nitrogens is 1. The van der Waals surface area contributed by atoms with Gasteiger partial charge in [-0.25, -0.2) is 4.98 Å². The Labute approximate surface area is 110 Å². The number of hydrogen-bond acceptors (Lipinski definition) is 4. The number of fused-ring (bicyclic) bond motifs is 1. The van der Waals surface area contributed by atoms with E-state index in [4.69, 9.17) is 0 Å². The summed E-state index contributed by atoms with van der Waals surface area (Å²) in [6.07, 6.45) is 3.93. The van der Waals surface area contributed by atoms with Gasteiger partial charge in [-0.2, -0.15) is 0 Å². The van der Waals surface area contributed by atoms with E-state index < -0.39 is 0 Å². The van der Waals surface area contributed by atoms with Gasteiger partial charge in [0.25, 0.3) is 5.69 Å². The molecule has 0 bridgehead atoms. The van der Waals surface area contributed by atoms with E-state index in [1.165, 1.54) is 25.3 Å². The zero-order chi connectivity index (χ0) is 13.2. The Hall–Kier alpha value is -2.17. The van der Waals surface area contributed by atoms with E-state index in [1.807, 2.05) is 12.1 Å². The largest absolute Gasteiger partial charge is 0.370 e. The van der Waals surface area contributed by atoms with Crippen molar-refractivity contribution in [2.45, 2.75) is 19.3 Å². The van der Waals surface area contributed by atoms with Crippen LogP contribution in [0.1, 0.15) is 19.3 Å². The second-order valence-corrected chi connectivity index (χ2v) is 5.01. The van der Waals surface area contributed by atoms with Gasteiger partial charge < -0.3 is 5.32 Å². The van der Waals surface area contributed by atoms with Crippen LogP contribution in [0.2, 0.25) is 0 Å². The SMILES string of the molecule is O=[N+]([O-])c1ccc2nc(NCC3CCC3)ccc2c1. The molecule has 0 unspecified atom stereocenters. The highest BCUT2D eigenvalue weighted by Crippen LogP contribution is 2.27. The van der Waals surface area contributed by atoms with Crippen molar-refractivity contribution in [2.75, 3.05) is 11.9 Å². The lowest BCUT2D eigenvalue weighted by Gasteiger charge is -2.25. The lowest BCUT2D eigenvalue weighted by Crippen LogP contribution is -2.21. The first kappa shape index (κ1) is 11.9. The molecule has 19 heavy (non-hydrogen) atoms. The minimum Gasteiger partial charge on any atom is -0.370 e. The van der Waals surface area contributed by atoms with Gasteiger partial charge in [-0.1, -0.05) is 6.42 Å². The fourth-order valence-corrected chi connectivity index (χ4v) is 2.27. The lowest BCUT2D eigenvalue weighted by atomic mass is 9.85. The van der Waals surface area contributed by atoms with Gasteiger partial charge in [0, 0.05) is 24.1 Å². The summed E-state index contributed by atoms with van der Waals surface area (Å²) in [5.41, 5.74) is 0.883. The molecule has 2 aromatic rings. The van der Waals surface area contributed by atoms with Gasteiger partial charge in [-0.3, -0.25) is 10.1 Å². The minimum atomic E-state index is -0.387. The van der Waals surface area contributed by atoms with E-state index in [0.717, 1.165) is 29.2 Å². The molecular formula is C14H15N3O2. The molecule has 98 valence electrons. The van der Waals surface area contributed by atoms with E-state index in [2.05, 4.69) is 10.3 Å². The molecule has 1 aliphatic rings. The van der Waals surface area contributed by atoms with Crippen LogP contribution in [-0.2, 0) is 0 Å². The summed E-state index contributed by atoms with van der Waals surface area (Å²) >= 11 is 0. The first-order chi connectivity index (χ1) is 9.22. The molecule has 0 aliphatic heterocycles. The topological polar surface area (TPSA) is 68.1 Å². The number of non-ortho nitro benzene ring substituents is 1. The third-order valence-corrected chi connectivity index (χ3v) is 3.68. The van der Waals surface area contributed by atoms with Crippen molar-refractivity contribution in [3.63, 3.8) is 0 Å². The molecule has 1 aromatic carbocycles. The second-order valence-electron chi connectivity index (χ2n) is 5.01. The normalized spacial score (nSPS) is 15.2. The quantitative estimate of drug-likeness (QED) is 0.673. The number of anilines is 1. The van der Waals surface area contributed by atoms with Crippen molar-refractivity contribution in [2.24, 2.45) is 5.92 Å². The minimum absolute atomic E-state index is 0.101. The van der Waals surface area contributed by atoms with E-state index in [9.17, 15) is 10.1 Å². The van der Waals surface area contributed by atoms with Crippen molar-refractivity contribution in [1.82, 2.24) is 4.98 Å². The number of nitro groups is 1. The van der Waals surface area contributed by atoms with Gasteiger partial charge in [0.05, 0.1) is 10.4 Å². The zero-order valence-corrected chi connectivity index (χ0v) is 10.5. The predicted molar refractivity (Wildman–Crippen MR) is 74.2 cm³/mol.